The van der Waals surface area contributed by atoms with E-state index in [1.807, 2.05) is 24.3 Å². The van der Waals surface area contributed by atoms with Gasteiger partial charge in [-0.05, 0) is 37.7 Å². The van der Waals surface area contributed by atoms with Gasteiger partial charge in [0.25, 0.3) is 0 Å². The van der Waals surface area contributed by atoms with Crippen LogP contribution in [0.4, 0.5) is 0 Å². The van der Waals surface area contributed by atoms with Crippen LogP contribution in [0, 0.1) is 6.92 Å². The van der Waals surface area contributed by atoms with Gasteiger partial charge in [0.2, 0.25) is 8.32 Å². The van der Waals surface area contributed by atoms with Gasteiger partial charge >= 0.3 is 0 Å². The van der Waals surface area contributed by atoms with E-state index in [9.17, 15) is 0 Å². The molecule has 0 radical (unpaired) electrons. The molecule has 0 atom stereocenters. The Labute approximate surface area is 87.5 Å². The molecule has 0 fully saturated rings. The summed E-state index contributed by atoms with van der Waals surface area (Å²) in [5, 5.41) is 0. The lowest BCUT2D eigenvalue weighted by Gasteiger charge is -2.23. The smallest absolute Gasteiger partial charge is 0.248 e. The van der Waals surface area contributed by atoms with Crippen molar-refractivity contribution in [3.63, 3.8) is 0 Å². The SMILES string of the molecule is C=CC[Si](C)(C)Oc1ccccc1C. The lowest BCUT2D eigenvalue weighted by atomic mass is 10.2. The van der Waals surface area contributed by atoms with Crippen molar-refractivity contribution < 1.29 is 4.43 Å². The molecule has 0 amide bonds. The van der Waals surface area contributed by atoms with Crippen LogP contribution < -0.4 is 4.43 Å². The molecule has 1 rings (SSSR count). The van der Waals surface area contributed by atoms with Gasteiger partial charge in [-0.3, -0.25) is 0 Å². The number of hydrogen-bond acceptors (Lipinski definition) is 1. The Balaban J connectivity index is 2.78. The molecule has 1 aromatic carbocycles. The molecule has 2 heteroatoms. The molecule has 0 aliphatic heterocycles. The molecule has 0 aliphatic carbocycles. The van der Waals surface area contributed by atoms with Gasteiger partial charge in [0.1, 0.15) is 5.75 Å². The predicted octanol–water partition coefficient (Wildman–Crippen LogP) is 3.76. The minimum Gasteiger partial charge on any atom is -0.544 e. The molecule has 0 unspecified atom stereocenters. The third-order valence-corrected chi connectivity index (χ3v) is 4.16. The van der Waals surface area contributed by atoms with Gasteiger partial charge in [-0.25, -0.2) is 0 Å². The van der Waals surface area contributed by atoms with Crippen LogP contribution in [-0.4, -0.2) is 8.32 Å². The van der Waals surface area contributed by atoms with Crippen molar-refractivity contribution in [3.8, 4) is 5.75 Å². The van der Waals surface area contributed by atoms with Gasteiger partial charge in [-0.2, -0.15) is 0 Å². The topological polar surface area (TPSA) is 9.23 Å². The fourth-order valence-electron chi connectivity index (χ4n) is 1.36. The zero-order valence-electron chi connectivity index (χ0n) is 9.21. The molecular formula is C12H18OSi. The normalized spacial score (nSPS) is 11.1. The van der Waals surface area contributed by atoms with Gasteiger partial charge in [0.15, 0.2) is 0 Å². The van der Waals surface area contributed by atoms with E-state index in [4.69, 9.17) is 4.43 Å². The molecule has 0 N–H and O–H groups in total. The Bertz CT molecular complexity index is 318. The average molecular weight is 206 g/mol. The maximum absolute atomic E-state index is 6.04. The third kappa shape index (κ3) is 3.03. The van der Waals surface area contributed by atoms with Crippen molar-refractivity contribution in [2.24, 2.45) is 0 Å². The van der Waals surface area contributed by atoms with Crippen LogP contribution in [0.25, 0.3) is 0 Å². The van der Waals surface area contributed by atoms with Crippen LogP contribution in [0.2, 0.25) is 19.1 Å². The average Bonchev–Trinajstić information content (AvgIpc) is 2.08. The summed E-state index contributed by atoms with van der Waals surface area (Å²) in [6, 6.07) is 9.15. The zero-order chi connectivity index (χ0) is 10.6. The molecule has 1 nitrogen and oxygen atoms in total. The number of hydrogen-bond donors (Lipinski definition) is 0. The van der Waals surface area contributed by atoms with E-state index in [1.54, 1.807) is 0 Å². The fourth-order valence-corrected chi connectivity index (χ4v) is 2.96. The van der Waals surface area contributed by atoms with E-state index in [0.29, 0.717) is 0 Å². The number of allylic oxidation sites excluding steroid dienone is 1. The highest BCUT2D eigenvalue weighted by atomic mass is 28.4. The van der Waals surface area contributed by atoms with E-state index < -0.39 is 8.32 Å². The number of benzene rings is 1. The highest BCUT2D eigenvalue weighted by molar-refractivity contribution is 6.72. The van der Waals surface area contributed by atoms with Gasteiger partial charge < -0.3 is 4.43 Å². The molecule has 76 valence electrons. The van der Waals surface area contributed by atoms with Gasteiger partial charge in [0, 0.05) is 0 Å². The van der Waals surface area contributed by atoms with E-state index in [1.165, 1.54) is 5.56 Å². The predicted molar refractivity (Wildman–Crippen MR) is 64.3 cm³/mol. The minimum absolute atomic E-state index is 0.987. The summed E-state index contributed by atoms with van der Waals surface area (Å²) >= 11 is 0. The maximum atomic E-state index is 6.04. The maximum Gasteiger partial charge on any atom is 0.248 e. The van der Waals surface area contributed by atoms with E-state index >= 15 is 0 Å². The van der Waals surface area contributed by atoms with Crippen LogP contribution in [0.1, 0.15) is 5.56 Å². The van der Waals surface area contributed by atoms with Gasteiger partial charge in [0.05, 0.1) is 0 Å². The summed E-state index contributed by atoms with van der Waals surface area (Å²) in [6.07, 6.45) is 1.95. The molecule has 0 aliphatic rings. The van der Waals surface area contributed by atoms with Crippen LogP contribution in [0.5, 0.6) is 5.75 Å². The summed E-state index contributed by atoms with van der Waals surface area (Å²) in [7, 11) is -1.59. The van der Waals surface area contributed by atoms with Crippen LogP contribution >= 0.6 is 0 Å². The third-order valence-electron chi connectivity index (χ3n) is 2.12. The Morgan fingerprint density at radius 2 is 2.00 bits per heavy atom. The molecular weight excluding hydrogens is 188 g/mol. The molecule has 0 heterocycles. The first-order valence-corrected chi connectivity index (χ1v) is 8.02. The second-order valence-corrected chi connectivity index (χ2v) is 8.25. The van der Waals surface area contributed by atoms with Crippen molar-refractivity contribution >= 4 is 8.32 Å². The summed E-state index contributed by atoms with van der Waals surface area (Å²) in [6.45, 7) is 10.3. The minimum atomic E-state index is -1.59. The highest BCUT2D eigenvalue weighted by Crippen LogP contribution is 2.22. The summed E-state index contributed by atoms with van der Waals surface area (Å²) in [5.74, 6) is 1.02. The largest absolute Gasteiger partial charge is 0.544 e. The summed E-state index contributed by atoms with van der Waals surface area (Å²) < 4.78 is 6.04. The molecule has 0 bridgehead atoms. The lowest BCUT2D eigenvalue weighted by molar-refractivity contribution is 0.548. The molecule has 14 heavy (non-hydrogen) atoms. The Kier molecular flexibility index (Phi) is 3.53. The van der Waals surface area contributed by atoms with Crippen molar-refractivity contribution in [1.29, 1.82) is 0 Å². The summed E-state index contributed by atoms with van der Waals surface area (Å²) in [5.41, 5.74) is 1.21. The first-order chi connectivity index (χ1) is 6.55. The molecule has 0 spiro atoms. The Hall–Kier alpha value is -1.02. The van der Waals surface area contributed by atoms with Crippen molar-refractivity contribution in [2.45, 2.75) is 26.1 Å². The van der Waals surface area contributed by atoms with Crippen LogP contribution in [0.3, 0.4) is 0 Å². The summed E-state index contributed by atoms with van der Waals surface area (Å²) in [4.78, 5) is 0. The highest BCUT2D eigenvalue weighted by Gasteiger charge is 2.22. The van der Waals surface area contributed by atoms with Crippen molar-refractivity contribution in [3.05, 3.63) is 42.5 Å². The quantitative estimate of drug-likeness (QED) is 0.538. The Morgan fingerprint density at radius 3 is 2.57 bits per heavy atom. The molecule has 0 saturated carbocycles. The monoisotopic (exact) mass is 206 g/mol. The van der Waals surface area contributed by atoms with Crippen LogP contribution in [-0.2, 0) is 0 Å². The number of para-hydroxylation sites is 1. The van der Waals surface area contributed by atoms with Crippen molar-refractivity contribution in [2.75, 3.05) is 0 Å². The van der Waals surface area contributed by atoms with Gasteiger partial charge in [-0.15, -0.1) is 6.58 Å². The van der Waals surface area contributed by atoms with Crippen molar-refractivity contribution in [1.82, 2.24) is 0 Å². The van der Waals surface area contributed by atoms with E-state index in [-0.39, 0.29) is 0 Å². The molecule has 0 aromatic heterocycles. The van der Waals surface area contributed by atoms with Gasteiger partial charge in [-0.1, -0.05) is 24.3 Å². The first kappa shape index (κ1) is 11.1. The molecule has 1 aromatic rings. The standard InChI is InChI=1S/C12H18OSi/c1-5-10-14(3,4)13-12-9-7-6-8-11(12)2/h5-9H,1,10H2,2-4H3. The Morgan fingerprint density at radius 1 is 1.36 bits per heavy atom. The second-order valence-electron chi connectivity index (χ2n) is 4.12. The fraction of sp³-hybridized carbons (Fsp3) is 0.333. The van der Waals surface area contributed by atoms with E-state index in [0.717, 1.165) is 11.8 Å². The zero-order valence-corrected chi connectivity index (χ0v) is 10.2. The lowest BCUT2D eigenvalue weighted by Crippen LogP contribution is -2.33. The number of rotatable bonds is 4. The second kappa shape index (κ2) is 4.47. The van der Waals surface area contributed by atoms with E-state index in [2.05, 4.69) is 32.7 Å². The number of aryl methyl sites for hydroxylation is 1. The first-order valence-electron chi connectivity index (χ1n) is 4.91. The molecule has 0 saturated heterocycles. The van der Waals surface area contributed by atoms with Crippen LogP contribution in [0.15, 0.2) is 36.9 Å².